The van der Waals surface area contributed by atoms with Gasteiger partial charge in [-0.25, -0.2) is 0 Å². The molecule has 2 aliphatic rings. The van der Waals surface area contributed by atoms with Crippen molar-refractivity contribution in [3.05, 3.63) is 0 Å². The molecule has 2 heteroatoms. The molecule has 0 radical (unpaired) electrons. The first-order valence-corrected chi connectivity index (χ1v) is 8.23. The summed E-state index contributed by atoms with van der Waals surface area (Å²) in [7, 11) is 0. The SMILES string of the molecule is CCC1CCCN(CCC2(N)CCCCC2)CC1. The van der Waals surface area contributed by atoms with E-state index in [-0.39, 0.29) is 5.54 Å². The van der Waals surface area contributed by atoms with E-state index in [0.717, 1.165) is 5.92 Å². The standard InChI is InChI=1S/C16H32N2/c1-2-15-7-6-12-18(13-8-15)14-11-16(17)9-4-3-5-10-16/h15H,2-14,17H2,1H3. The fourth-order valence-corrected chi connectivity index (χ4v) is 3.74. The molecule has 1 saturated heterocycles. The van der Waals surface area contributed by atoms with Gasteiger partial charge in [0.1, 0.15) is 0 Å². The van der Waals surface area contributed by atoms with Gasteiger partial charge in [-0.3, -0.25) is 0 Å². The molecule has 0 aromatic heterocycles. The van der Waals surface area contributed by atoms with E-state index in [1.165, 1.54) is 83.8 Å². The molecular formula is C16H32N2. The molecule has 2 fully saturated rings. The van der Waals surface area contributed by atoms with Gasteiger partial charge in [-0.05, 0) is 64.1 Å². The Labute approximate surface area is 113 Å². The van der Waals surface area contributed by atoms with Crippen LogP contribution >= 0.6 is 0 Å². The minimum atomic E-state index is 0.175. The van der Waals surface area contributed by atoms with Gasteiger partial charge in [0, 0.05) is 5.54 Å². The Bertz CT molecular complexity index is 233. The Hall–Kier alpha value is -0.0800. The molecule has 0 bridgehead atoms. The van der Waals surface area contributed by atoms with E-state index >= 15 is 0 Å². The second-order valence-electron chi connectivity index (χ2n) is 6.72. The monoisotopic (exact) mass is 252 g/mol. The number of rotatable bonds is 4. The lowest BCUT2D eigenvalue weighted by molar-refractivity contribution is 0.210. The van der Waals surface area contributed by atoms with E-state index in [1.807, 2.05) is 0 Å². The second kappa shape index (κ2) is 6.91. The Balaban J connectivity index is 1.72. The van der Waals surface area contributed by atoms with Crippen molar-refractivity contribution in [1.29, 1.82) is 0 Å². The van der Waals surface area contributed by atoms with Gasteiger partial charge < -0.3 is 10.6 Å². The van der Waals surface area contributed by atoms with Crippen LogP contribution < -0.4 is 5.73 Å². The predicted octanol–water partition coefficient (Wildman–Crippen LogP) is 3.55. The van der Waals surface area contributed by atoms with Gasteiger partial charge in [-0.2, -0.15) is 0 Å². The van der Waals surface area contributed by atoms with Crippen LogP contribution in [0.4, 0.5) is 0 Å². The molecule has 1 unspecified atom stereocenters. The molecule has 1 aliphatic carbocycles. The van der Waals surface area contributed by atoms with E-state index in [0.29, 0.717) is 0 Å². The minimum absolute atomic E-state index is 0.175. The summed E-state index contributed by atoms with van der Waals surface area (Å²) in [5, 5.41) is 0. The summed E-state index contributed by atoms with van der Waals surface area (Å²) in [6.07, 6.45) is 13.5. The lowest BCUT2D eigenvalue weighted by Crippen LogP contribution is -2.44. The first-order chi connectivity index (χ1) is 8.72. The first-order valence-electron chi connectivity index (χ1n) is 8.23. The van der Waals surface area contributed by atoms with Crippen molar-refractivity contribution in [1.82, 2.24) is 4.90 Å². The zero-order valence-corrected chi connectivity index (χ0v) is 12.3. The Morgan fingerprint density at radius 2 is 1.83 bits per heavy atom. The highest BCUT2D eigenvalue weighted by Gasteiger charge is 2.28. The van der Waals surface area contributed by atoms with Gasteiger partial charge in [-0.1, -0.05) is 32.6 Å². The Morgan fingerprint density at radius 1 is 1.06 bits per heavy atom. The van der Waals surface area contributed by atoms with E-state index < -0.39 is 0 Å². The second-order valence-corrected chi connectivity index (χ2v) is 6.72. The molecule has 0 spiro atoms. The molecule has 0 amide bonds. The minimum Gasteiger partial charge on any atom is -0.325 e. The predicted molar refractivity (Wildman–Crippen MR) is 78.7 cm³/mol. The van der Waals surface area contributed by atoms with Crippen molar-refractivity contribution in [3.8, 4) is 0 Å². The molecule has 1 saturated carbocycles. The fourth-order valence-electron chi connectivity index (χ4n) is 3.74. The van der Waals surface area contributed by atoms with Gasteiger partial charge in [-0.15, -0.1) is 0 Å². The number of hydrogen-bond donors (Lipinski definition) is 1. The largest absolute Gasteiger partial charge is 0.325 e. The normalized spacial score (nSPS) is 30.0. The number of likely N-dealkylation sites (tertiary alicyclic amines) is 1. The first kappa shape index (κ1) is 14.3. The molecule has 2 rings (SSSR count). The van der Waals surface area contributed by atoms with E-state index in [9.17, 15) is 0 Å². The maximum absolute atomic E-state index is 6.54. The van der Waals surface area contributed by atoms with Crippen LogP contribution in [0.1, 0.15) is 71.1 Å². The highest BCUT2D eigenvalue weighted by molar-refractivity contribution is 4.88. The molecular weight excluding hydrogens is 220 g/mol. The summed E-state index contributed by atoms with van der Waals surface area (Å²) in [6, 6.07) is 0. The summed E-state index contributed by atoms with van der Waals surface area (Å²) < 4.78 is 0. The van der Waals surface area contributed by atoms with Gasteiger partial charge in [0.2, 0.25) is 0 Å². The van der Waals surface area contributed by atoms with Crippen molar-refractivity contribution in [2.24, 2.45) is 11.7 Å². The van der Waals surface area contributed by atoms with Crippen LogP contribution in [0.25, 0.3) is 0 Å². The smallest absolute Gasteiger partial charge is 0.0166 e. The summed E-state index contributed by atoms with van der Waals surface area (Å²) in [5.41, 5.74) is 6.72. The maximum atomic E-state index is 6.54. The number of nitrogens with zero attached hydrogens (tertiary/aromatic N) is 1. The van der Waals surface area contributed by atoms with Crippen LogP contribution in [0.15, 0.2) is 0 Å². The van der Waals surface area contributed by atoms with Crippen LogP contribution in [-0.2, 0) is 0 Å². The van der Waals surface area contributed by atoms with Crippen LogP contribution in [0.5, 0.6) is 0 Å². The molecule has 18 heavy (non-hydrogen) atoms. The van der Waals surface area contributed by atoms with Gasteiger partial charge in [0.05, 0.1) is 0 Å². The lowest BCUT2D eigenvalue weighted by Gasteiger charge is -2.35. The van der Waals surface area contributed by atoms with Gasteiger partial charge >= 0.3 is 0 Å². The fraction of sp³-hybridized carbons (Fsp3) is 1.00. The molecule has 2 nitrogen and oxygen atoms in total. The summed E-state index contributed by atoms with van der Waals surface area (Å²) in [4.78, 5) is 2.68. The molecule has 2 N–H and O–H groups in total. The van der Waals surface area contributed by atoms with Crippen molar-refractivity contribution < 1.29 is 0 Å². The molecule has 106 valence electrons. The summed E-state index contributed by atoms with van der Waals surface area (Å²) >= 11 is 0. The van der Waals surface area contributed by atoms with Crippen molar-refractivity contribution in [3.63, 3.8) is 0 Å². The molecule has 1 heterocycles. The average Bonchev–Trinajstić information content (AvgIpc) is 2.62. The van der Waals surface area contributed by atoms with Crippen LogP contribution in [0.3, 0.4) is 0 Å². The Morgan fingerprint density at radius 3 is 2.56 bits per heavy atom. The molecule has 1 atom stereocenters. The maximum Gasteiger partial charge on any atom is 0.0166 e. The van der Waals surface area contributed by atoms with Crippen molar-refractivity contribution in [2.75, 3.05) is 19.6 Å². The molecule has 1 aliphatic heterocycles. The van der Waals surface area contributed by atoms with Crippen LogP contribution in [0, 0.1) is 5.92 Å². The zero-order chi connectivity index (χ0) is 12.8. The third-order valence-electron chi connectivity index (χ3n) is 5.29. The quantitative estimate of drug-likeness (QED) is 0.829. The van der Waals surface area contributed by atoms with E-state index in [1.54, 1.807) is 0 Å². The number of hydrogen-bond acceptors (Lipinski definition) is 2. The average molecular weight is 252 g/mol. The van der Waals surface area contributed by atoms with Crippen LogP contribution in [0.2, 0.25) is 0 Å². The topological polar surface area (TPSA) is 29.3 Å². The number of nitrogens with two attached hydrogens (primary N) is 1. The highest BCUT2D eigenvalue weighted by Crippen LogP contribution is 2.29. The van der Waals surface area contributed by atoms with Crippen LogP contribution in [-0.4, -0.2) is 30.1 Å². The third-order valence-corrected chi connectivity index (χ3v) is 5.29. The van der Waals surface area contributed by atoms with Crippen molar-refractivity contribution in [2.45, 2.75) is 76.7 Å². The lowest BCUT2D eigenvalue weighted by atomic mass is 9.80. The van der Waals surface area contributed by atoms with Crippen molar-refractivity contribution >= 4 is 0 Å². The molecule has 0 aromatic carbocycles. The zero-order valence-electron chi connectivity index (χ0n) is 12.3. The summed E-state index contributed by atoms with van der Waals surface area (Å²) in [6.45, 7) is 6.21. The summed E-state index contributed by atoms with van der Waals surface area (Å²) in [5.74, 6) is 0.983. The van der Waals surface area contributed by atoms with E-state index in [2.05, 4.69) is 11.8 Å². The third kappa shape index (κ3) is 4.24. The molecule has 0 aromatic rings. The van der Waals surface area contributed by atoms with Gasteiger partial charge in [0.15, 0.2) is 0 Å². The Kier molecular flexibility index (Phi) is 5.50. The van der Waals surface area contributed by atoms with Gasteiger partial charge in [0.25, 0.3) is 0 Å². The highest BCUT2D eigenvalue weighted by atomic mass is 15.1. The van der Waals surface area contributed by atoms with E-state index in [4.69, 9.17) is 5.73 Å².